The minimum atomic E-state index is -0.441. The Kier molecular flexibility index (Phi) is 24.3. The maximum Gasteiger partial charge on any atom is 0.330 e. The summed E-state index contributed by atoms with van der Waals surface area (Å²) in [5, 5.41) is 15.7. The zero-order chi connectivity index (χ0) is 18.5. The second kappa shape index (κ2) is 21.9. The standard InChI is InChI=1S/C8H14O2.C6H10O3.C3H3N/c1-4-8(9)10-6-5-7(2)3;1-2-6(8)9-5-3-4-7;1-2-3-4/h4,7H,1,5-6H2,2-3H3;2,7H,1,3-5H2;2H,1H2. The van der Waals surface area contributed by atoms with Gasteiger partial charge in [-0.05, 0) is 12.3 Å². The van der Waals surface area contributed by atoms with Gasteiger partial charge in [0.25, 0.3) is 0 Å². The van der Waals surface area contributed by atoms with E-state index in [1.54, 1.807) is 6.07 Å². The van der Waals surface area contributed by atoms with Crippen LogP contribution in [0.5, 0.6) is 0 Å². The van der Waals surface area contributed by atoms with Crippen LogP contribution >= 0.6 is 0 Å². The molecule has 0 atom stereocenters. The fourth-order valence-electron chi connectivity index (χ4n) is 0.750. The first-order valence-corrected chi connectivity index (χ1v) is 7.09. The Balaban J connectivity index is -0.000000284. The van der Waals surface area contributed by atoms with Gasteiger partial charge in [-0.3, -0.25) is 0 Å². The van der Waals surface area contributed by atoms with Gasteiger partial charge in [0.1, 0.15) is 0 Å². The third-order valence-corrected chi connectivity index (χ3v) is 1.91. The normalized spacial score (nSPS) is 8.13. The largest absolute Gasteiger partial charge is 0.463 e. The predicted octanol–water partition coefficient (Wildman–Crippen LogP) is 2.56. The molecule has 6 heteroatoms. The Bertz CT molecular complexity index is 383. The van der Waals surface area contributed by atoms with Gasteiger partial charge in [0.15, 0.2) is 0 Å². The summed E-state index contributed by atoms with van der Waals surface area (Å²) in [6, 6.07) is 1.69. The summed E-state index contributed by atoms with van der Waals surface area (Å²) in [5.74, 6) is -0.193. The number of carbonyl (C=O) groups excluding carboxylic acids is 2. The monoisotopic (exact) mass is 325 g/mol. The topological polar surface area (TPSA) is 96.6 Å². The summed E-state index contributed by atoms with van der Waals surface area (Å²) < 4.78 is 9.26. The number of nitrogens with zero attached hydrogens (tertiary/aromatic N) is 1. The molecule has 0 aliphatic heterocycles. The molecule has 0 spiro atoms. The summed E-state index contributed by atoms with van der Waals surface area (Å²) in [6.45, 7) is 14.6. The first kappa shape index (κ1) is 25.6. The fourth-order valence-corrected chi connectivity index (χ4v) is 0.750. The molecule has 0 amide bonds. The molecule has 0 aliphatic carbocycles. The number of esters is 2. The summed E-state index contributed by atoms with van der Waals surface area (Å²) in [4.78, 5) is 20.7. The zero-order valence-corrected chi connectivity index (χ0v) is 14.0. The summed E-state index contributed by atoms with van der Waals surface area (Å²) >= 11 is 0. The van der Waals surface area contributed by atoms with Gasteiger partial charge in [-0.15, -0.1) is 0 Å². The third kappa shape index (κ3) is 32.8. The predicted molar refractivity (Wildman–Crippen MR) is 89.3 cm³/mol. The van der Waals surface area contributed by atoms with E-state index in [9.17, 15) is 9.59 Å². The van der Waals surface area contributed by atoms with E-state index in [-0.39, 0.29) is 19.2 Å². The lowest BCUT2D eigenvalue weighted by atomic mass is 10.1. The van der Waals surface area contributed by atoms with Crippen molar-refractivity contribution in [1.29, 1.82) is 5.26 Å². The molecule has 1 N–H and O–H groups in total. The number of rotatable bonds is 8. The van der Waals surface area contributed by atoms with Crippen LogP contribution in [-0.2, 0) is 19.1 Å². The van der Waals surface area contributed by atoms with Gasteiger partial charge in [0.05, 0.1) is 19.3 Å². The highest BCUT2D eigenvalue weighted by atomic mass is 16.5. The molecule has 0 saturated carbocycles. The number of hydrogen-bond acceptors (Lipinski definition) is 6. The minimum absolute atomic E-state index is 0.0461. The number of aliphatic hydroxyl groups is 1. The molecule has 0 aromatic heterocycles. The second-order valence-corrected chi connectivity index (χ2v) is 4.34. The summed E-state index contributed by atoms with van der Waals surface area (Å²) in [5.41, 5.74) is 0. The van der Waals surface area contributed by atoms with Crippen molar-refractivity contribution in [2.24, 2.45) is 5.92 Å². The Morgan fingerprint density at radius 3 is 1.87 bits per heavy atom. The van der Waals surface area contributed by atoms with Crippen LogP contribution in [-0.4, -0.2) is 36.9 Å². The molecular weight excluding hydrogens is 298 g/mol. The lowest BCUT2D eigenvalue weighted by molar-refractivity contribution is -0.138. The van der Waals surface area contributed by atoms with Gasteiger partial charge in [0.2, 0.25) is 0 Å². The van der Waals surface area contributed by atoms with Crippen molar-refractivity contribution < 1.29 is 24.2 Å². The van der Waals surface area contributed by atoms with Crippen molar-refractivity contribution in [2.45, 2.75) is 26.7 Å². The lowest BCUT2D eigenvalue weighted by Gasteiger charge is -2.03. The molecule has 0 unspecified atom stereocenters. The minimum Gasteiger partial charge on any atom is -0.463 e. The van der Waals surface area contributed by atoms with Gasteiger partial charge in [-0.1, -0.05) is 33.6 Å². The molecule has 130 valence electrons. The van der Waals surface area contributed by atoms with Crippen molar-refractivity contribution in [3.63, 3.8) is 0 Å². The number of nitriles is 1. The quantitative estimate of drug-likeness (QED) is 0.319. The molecule has 0 rings (SSSR count). The van der Waals surface area contributed by atoms with Crippen molar-refractivity contribution >= 4 is 11.9 Å². The molecule has 0 aromatic carbocycles. The van der Waals surface area contributed by atoms with E-state index in [0.717, 1.165) is 12.5 Å². The third-order valence-electron chi connectivity index (χ3n) is 1.91. The van der Waals surface area contributed by atoms with Crippen molar-refractivity contribution in [1.82, 2.24) is 0 Å². The Labute approximate surface area is 138 Å². The molecule has 23 heavy (non-hydrogen) atoms. The summed E-state index contributed by atoms with van der Waals surface area (Å²) in [7, 11) is 0. The van der Waals surface area contributed by atoms with E-state index in [4.69, 9.17) is 15.1 Å². The SMILES string of the molecule is C=CC#N.C=CC(=O)OCCC(C)C.C=CC(=O)OCCCO. The zero-order valence-electron chi connectivity index (χ0n) is 14.0. The van der Waals surface area contributed by atoms with Crippen molar-refractivity contribution in [3.05, 3.63) is 38.0 Å². The Morgan fingerprint density at radius 1 is 1.13 bits per heavy atom. The van der Waals surface area contributed by atoms with Gasteiger partial charge < -0.3 is 14.6 Å². The van der Waals surface area contributed by atoms with E-state index in [0.29, 0.717) is 18.9 Å². The van der Waals surface area contributed by atoms with E-state index >= 15 is 0 Å². The van der Waals surface area contributed by atoms with Crippen LogP contribution in [0.1, 0.15) is 26.7 Å². The van der Waals surface area contributed by atoms with Crippen LogP contribution in [0.25, 0.3) is 0 Å². The lowest BCUT2D eigenvalue weighted by Crippen LogP contribution is -2.03. The van der Waals surface area contributed by atoms with Crippen molar-refractivity contribution in [3.8, 4) is 6.07 Å². The van der Waals surface area contributed by atoms with Crippen molar-refractivity contribution in [2.75, 3.05) is 19.8 Å². The fraction of sp³-hybridized carbons (Fsp3) is 0.471. The van der Waals surface area contributed by atoms with Gasteiger partial charge in [-0.2, -0.15) is 5.26 Å². The molecule has 0 heterocycles. The maximum atomic E-state index is 10.5. The molecule has 6 nitrogen and oxygen atoms in total. The average Bonchev–Trinajstić information content (AvgIpc) is 2.55. The molecule has 0 bridgehead atoms. The smallest absolute Gasteiger partial charge is 0.330 e. The molecule has 0 aliphatic rings. The highest BCUT2D eigenvalue weighted by Crippen LogP contribution is 1.98. The number of hydrogen-bond donors (Lipinski definition) is 1. The number of ether oxygens (including phenoxy) is 2. The van der Waals surface area contributed by atoms with E-state index < -0.39 is 5.97 Å². The van der Waals surface area contributed by atoms with Gasteiger partial charge in [0, 0.05) is 31.3 Å². The van der Waals surface area contributed by atoms with Gasteiger partial charge in [-0.25, -0.2) is 9.59 Å². The molecule has 0 aromatic rings. The second-order valence-electron chi connectivity index (χ2n) is 4.34. The molecule has 0 saturated heterocycles. The van der Waals surface area contributed by atoms with Gasteiger partial charge >= 0.3 is 11.9 Å². The van der Waals surface area contributed by atoms with E-state index in [1.165, 1.54) is 12.2 Å². The first-order chi connectivity index (χ1) is 10.9. The highest BCUT2D eigenvalue weighted by Gasteiger charge is 1.96. The average molecular weight is 325 g/mol. The Hall–Kier alpha value is -2.39. The summed E-state index contributed by atoms with van der Waals surface area (Å²) in [6.07, 6.45) is 4.86. The molecular formula is C17H27NO5. The van der Waals surface area contributed by atoms with E-state index in [1.807, 2.05) is 0 Å². The van der Waals surface area contributed by atoms with Crippen LogP contribution in [0.2, 0.25) is 0 Å². The van der Waals surface area contributed by atoms with Crippen LogP contribution in [0.3, 0.4) is 0 Å². The van der Waals surface area contributed by atoms with E-state index in [2.05, 4.69) is 38.3 Å². The first-order valence-electron chi connectivity index (χ1n) is 7.09. The number of aliphatic hydroxyl groups excluding tert-OH is 1. The van der Waals surface area contributed by atoms with Crippen LogP contribution in [0.15, 0.2) is 38.0 Å². The van der Waals surface area contributed by atoms with Crippen LogP contribution < -0.4 is 0 Å². The maximum absolute atomic E-state index is 10.5. The number of carbonyl (C=O) groups is 2. The molecule has 0 fully saturated rings. The Morgan fingerprint density at radius 2 is 1.57 bits per heavy atom. The van der Waals surface area contributed by atoms with Crippen LogP contribution in [0, 0.1) is 17.2 Å². The highest BCUT2D eigenvalue weighted by molar-refractivity contribution is 5.81. The number of allylic oxidation sites excluding steroid dienone is 1. The van der Waals surface area contributed by atoms with Crippen LogP contribution in [0.4, 0.5) is 0 Å². The molecule has 0 radical (unpaired) electrons.